The van der Waals surface area contributed by atoms with Gasteiger partial charge in [0.15, 0.2) is 5.96 Å². The van der Waals surface area contributed by atoms with Crippen molar-refractivity contribution in [2.24, 2.45) is 4.99 Å². The van der Waals surface area contributed by atoms with Crippen LogP contribution < -0.4 is 10.6 Å². The monoisotopic (exact) mass is 544 g/mol. The standard InChI is InChI=1S/C23H36N4O3.HI/c1-5-24-21(25-14-16-8-6-7-9-17(16)15-28)26-18-12-19-10-11-20(13-18)27(19)22(29)30-23(2,3)4;/h6-9,18-20,28H,5,10-15H2,1-4H3,(H2,24,25,26);1H. The summed E-state index contributed by atoms with van der Waals surface area (Å²) in [6, 6.07) is 8.52. The molecule has 2 fully saturated rings. The Morgan fingerprint density at radius 2 is 1.81 bits per heavy atom. The van der Waals surface area contributed by atoms with Gasteiger partial charge in [-0.3, -0.25) is 0 Å². The number of amides is 1. The Kier molecular flexibility index (Phi) is 9.42. The fourth-order valence-corrected chi connectivity index (χ4v) is 4.45. The van der Waals surface area contributed by atoms with Crippen molar-refractivity contribution >= 4 is 36.0 Å². The molecule has 2 atom stereocenters. The largest absolute Gasteiger partial charge is 0.444 e. The van der Waals surface area contributed by atoms with Gasteiger partial charge in [-0.2, -0.15) is 0 Å². The van der Waals surface area contributed by atoms with Gasteiger partial charge in [0, 0.05) is 24.7 Å². The Bertz CT molecular complexity index is 751. The second-order valence-electron chi connectivity index (χ2n) is 9.21. The zero-order valence-corrected chi connectivity index (χ0v) is 21.4. The molecule has 1 amide bonds. The Balaban J connectivity index is 0.00000341. The molecule has 0 spiro atoms. The van der Waals surface area contributed by atoms with Gasteiger partial charge in [-0.25, -0.2) is 9.79 Å². The summed E-state index contributed by atoms with van der Waals surface area (Å²) in [7, 11) is 0. The smallest absolute Gasteiger partial charge is 0.410 e. The van der Waals surface area contributed by atoms with Crippen molar-refractivity contribution in [3.63, 3.8) is 0 Å². The third-order valence-electron chi connectivity index (χ3n) is 5.72. The first-order valence-electron chi connectivity index (χ1n) is 11.0. The van der Waals surface area contributed by atoms with Crippen LogP contribution in [0.1, 0.15) is 64.5 Å². The average molecular weight is 544 g/mol. The van der Waals surface area contributed by atoms with Gasteiger partial charge >= 0.3 is 6.09 Å². The summed E-state index contributed by atoms with van der Waals surface area (Å²) in [5.41, 5.74) is 1.46. The number of aliphatic hydroxyl groups is 1. The first-order chi connectivity index (χ1) is 14.3. The Morgan fingerprint density at radius 3 is 2.35 bits per heavy atom. The van der Waals surface area contributed by atoms with Crippen LogP contribution in [0.25, 0.3) is 0 Å². The van der Waals surface area contributed by atoms with Crippen molar-refractivity contribution in [2.75, 3.05) is 6.54 Å². The fourth-order valence-electron chi connectivity index (χ4n) is 4.45. The predicted molar refractivity (Wildman–Crippen MR) is 134 cm³/mol. The van der Waals surface area contributed by atoms with Crippen molar-refractivity contribution in [1.29, 1.82) is 0 Å². The molecule has 7 nitrogen and oxygen atoms in total. The number of aliphatic imine (C=N–C) groups is 1. The minimum Gasteiger partial charge on any atom is -0.444 e. The van der Waals surface area contributed by atoms with E-state index in [-0.39, 0.29) is 54.8 Å². The highest BCUT2D eigenvalue weighted by Gasteiger charge is 2.45. The number of guanidine groups is 1. The highest BCUT2D eigenvalue weighted by molar-refractivity contribution is 14.0. The summed E-state index contributed by atoms with van der Waals surface area (Å²) < 4.78 is 5.63. The number of carbonyl (C=O) groups is 1. The Hall–Kier alpha value is -1.55. The minimum absolute atomic E-state index is 0. The number of benzene rings is 1. The molecule has 0 aromatic heterocycles. The van der Waals surface area contributed by atoms with Gasteiger partial charge in [-0.1, -0.05) is 24.3 Å². The molecule has 31 heavy (non-hydrogen) atoms. The third kappa shape index (κ3) is 6.97. The number of nitrogens with zero attached hydrogens (tertiary/aromatic N) is 2. The van der Waals surface area contributed by atoms with Gasteiger partial charge in [0.05, 0.1) is 13.2 Å². The SMILES string of the molecule is CCNC(=NCc1ccccc1CO)NC1CC2CCC(C1)N2C(=O)OC(C)(C)C.I. The average Bonchev–Trinajstić information content (AvgIpc) is 2.96. The van der Waals surface area contributed by atoms with Crippen LogP contribution >= 0.6 is 24.0 Å². The number of aliphatic hydroxyl groups excluding tert-OH is 1. The summed E-state index contributed by atoms with van der Waals surface area (Å²) in [5, 5.41) is 16.4. The molecule has 0 radical (unpaired) electrons. The third-order valence-corrected chi connectivity index (χ3v) is 5.72. The molecule has 1 aromatic carbocycles. The molecule has 1 aromatic rings. The highest BCUT2D eigenvalue weighted by atomic mass is 127. The molecule has 3 N–H and O–H groups in total. The van der Waals surface area contributed by atoms with E-state index in [0.29, 0.717) is 6.54 Å². The number of carbonyl (C=O) groups excluding carboxylic acids is 1. The number of hydrogen-bond donors (Lipinski definition) is 3. The van der Waals surface area contributed by atoms with Crippen molar-refractivity contribution in [2.45, 2.75) is 90.3 Å². The molecule has 3 rings (SSSR count). The maximum absolute atomic E-state index is 12.7. The lowest BCUT2D eigenvalue weighted by molar-refractivity contribution is 0.00545. The molecular weight excluding hydrogens is 507 g/mol. The molecule has 0 aliphatic carbocycles. The molecule has 2 unspecified atom stereocenters. The molecular formula is C23H37IN4O3. The molecule has 2 aliphatic rings. The lowest BCUT2D eigenvalue weighted by Crippen LogP contribution is -2.55. The summed E-state index contributed by atoms with van der Waals surface area (Å²) in [4.78, 5) is 19.4. The van der Waals surface area contributed by atoms with Gasteiger partial charge in [-0.15, -0.1) is 24.0 Å². The van der Waals surface area contributed by atoms with Crippen LogP contribution in [-0.4, -0.2) is 52.3 Å². The summed E-state index contributed by atoms with van der Waals surface area (Å²) >= 11 is 0. The van der Waals surface area contributed by atoms with E-state index < -0.39 is 5.60 Å². The maximum atomic E-state index is 12.7. The first-order valence-corrected chi connectivity index (χ1v) is 11.0. The predicted octanol–water partition coefficient (Wildman–Crippen LogP) is 3.78. The van der Waals surface area contributed by atoms with E-state index in [4.69, 9.17) is 9.73 Å². The minimum atomic E-state index is -0.471. The van der Waals surface area contributed by atoms with E-state index in [1.54, 1.807) is 0 Å². The number of piperidine rings is 1. The second kappa shape index (κ2) is 11.4. The maximum Gasteiger partial charge on any atom is 0.410 e. The van der Waals surface area contributed by atoms with Crippen LogP contribution in [0.4, 0.5) is 4.79 Å². The molecule has 174 valence electrons. The van der Waals surface area contributed by atoms with E-state index in [0.717, 1.165) is 49.3 Å². The van der Waals surface area contributed by atoms with E-state index in [9.17, 15) is 9.90 Å². The lowest BCUT2D eigenvalue weighted by Gasteiger charge is -2.40. The topological polar surface area (TPSA) is 86.2 Å². The van der Waals surface area contributed by atoms with Crippen LogP contribution in [-0.2, 0) is 17.9 Å². The van der Waals surface area contributed by atoms with E-state index >= 15 is 0 Å². The quantitative estimate of drug-likeness (QED) is 0.299. The van der Waals surface area contributed by atoms with Crippen LogP contribution in [0.2, 0.25) is 0 Å². The molecule has 2 heterocycles. The zero-order valence-electron chi connectivity index (χ0n) is 19.1. The van der Waals surface area contributed by atoms with Crippen LogP contribution in [0.15, 0.2) is 29.3 Å². The van der Waals surface area contributed by atoms with Crippen LogP contribution in [0.3, 0.4) is 0 Å². The van der Waals surface area contributed by atoms with Crippen molar-refractivity contribution in [3.8, 4) is 0 Å². The fraction of sp³-hybridized carbons (Fsp3) is 0.652. The van der Waals surface area contributed by atoms with E-state index in [2.05, 4.69) is 10.6 Å². The molecule has 8 heteroatoms. The van der Waals surface area contributed by atoms with E-state index in [1.165, 1.54) is 0 Å². The molecule has 0 saturated carbocycles. The first kappa shape index (κ1) is 25.7. The molecule has 2 aliphatic heterocycles. The Labute approximate surface area is 203 Å². The van der Waals surface area contributed by atoms with Gasteiger partial charge in [0.25, 0.3) is 0 Å². The lowest BCUT2D eigenvalue weighted by atomic mass is 9.98. The highest BCUT2D eigenvalue weighted by Crippen LogP contribution is 2.36. The van der Waals surface area contributed by atoms with E-state index in [1.807, 2.05) is 56.9 Å². The van der Waals surface area contributed by atoms with Gasteiger partial charge < -0.3 is 25.4 Å². The van der Waals surface area contributed by atoms with Gasteiger partial charge in [0.1, 0.15) is 5.60 Å². The van der Waals surface area contributed by atoms with Gasteiger partial charge in [0.2, 0.25) is 0 Å². The van der Waals surface area contributed by atoms with Crippen LogP contribution in [0.5, 0.6) is 0 Å². The Morgan fingerprint density at radius 1 is 1.19 bits per heavy atom. The summed E-state index contributed by atoms with van der Waals surface area (Å²) in [6.07, 6.45) is 3.66. The summed E-state index contributed by atoms with van der Waals surface area (Å²) in [5.74, 6) is 0.778. The number of ether oxygens (including phenoxy) is 1. The normalized spacial score (nSPS) is 23.2. The van der Waals surface area contributed by atoms with Crippen molar-refractivity contribution in [1.82, 2.24) is 15.5 Å². The summed E-state index contributed by atoms with van der Waals surface area (Å²) in [6.45, 7) is 9.09. The number of hydrogen-bond acceptors (Lipinski definition) is 4. The number of rotatable bonds is 5. The second-order valence-corrected chi connectivity index (χ2v) is 9.21. The molecule has 2 bridgehead atoms. The number of nitrogens with one attached hydrogen (secondary N) is 2. The van der Waals surface area contributed by atoms with Crippen molar-refractivity contribution in [3.05, 3.63) is 35.4 Å². The number of fused-ring (bicyclic) bond motifs is 2. The number of halogens is 1. The van der Waals surface area contributed by atoms with Crippen LogP contribution in [0, 0.1) is 0 Å². The van der Waals surface area contributed by atoms with Gasteiger partial charge in [-0.05, 0) is 64.5 Å². The van der Waals surface area contributed by atoms with Crippen molar-refractivity contribution < 1.29 is 14.6 Å². The molecule has 2 saturated heterocycles. The zero-order chi connectivity index (χ0) is 21.7.